The first-order valence-electron chi connectivity index (χ1n) is 10.1. The van der Waals surface area contributed by atoms with E-state index in [0.717, 1.165) is 23.9 Å². The minimum Gasteiger partial charge on any atom is -0.437 e. The van der Waals surface area contributed by atoms with Crippen molar-refractivity contribution in [1.82, 2.24) is 24.8 Å². The Morgan fingerprint density at radius 1 is 0.903 bits per heavy atom. The standard InChI is InChI=1S/C22H21N5O4/c1-2-3-8-13-26-20(28)16-10-5-4-9-15(16)19(24-26)22(30)31-14-27-21(29)17-11-6-7-12-18(17)23-25-27/h4-7,9-12H,2-3,8,13-14H2,1H3. The van der Waals surface area contributed by atoms with Crippen LogP contribution in [0.4, 0.5) is 0 Å². The van der Waals surface area contributed by atoms with Crippen LogP contribution in [0.15, 0.2) is 58.1 Å². The van der Waals surface area contributed by atoms with Gasteiger partial charge in [0.25, 0.3) is 11.1 Å². The Balaban J connectivity index is 1.64. The second-order valence-corrected chi connectivity index (χ2v) is 7.10. The molecular weight excluding hydrogens is 398 g/mol. The molecule has 31 heavy (non-hydrogen) atoms. The Morgan fingerprint density at radius 3 is 2.35 bits per heavy atom. The molecule has 158 valence electrons. The third kappa shape index (κ3) is 4.07. The number of aromatic nitrogens is 5. The highest BCUT2D eigenvalue weighted by molar-refractivity contribution is 6.02. The smallest absolute Gasteiger partial charge is 0.361 e. The highest BCUT2D eigenvalue weighted by atomic mass is 16.5. The summed E-state index contributed by atoms with van der Waals surface area (Å²) in [6.45, 7) is 2.06. The Kier molecular flexibility index (Phi) is 5.83. The monoisotopic (exact) mass is 419 g/mol. The van der Waals surface area contributed by atoms with Gasteiger partial charge in [0.1, 0.15) is 5.52 Å². The third-order valence-electron chi connectivity index (χ3n) is 4.98. The van der Waals surface area contributed by atoms with E-state index in [9.17, 15) is 14.4 Å². The largest absolute Gasteiger partial charge is 0.437 e. The molecule has 0 N–H and O–H groups in total. The molecule has 0 fully saturated rings. The topological polar surface area (TPSA) is 109 Å². The molecule has 0 bridgehead atoms. The lowest BCUT2D eigenvalue weighted by molar-refractivity contribution is 0.0328. The fraction of sp³-hybridized carbons (Fsp3) is 0.273. The summed E-state index contributed by atoms with van der Waals surface area (Å²) in [4.78, 5) is 38.1. The molecule has 0 aliphatic rings. The molecule has 0 unspecified atom stereocenters. The lowest BCUT2D eigenvalue weighted by atomic mass is 10.1. The highest BCUT2D eigenvalue weighted by Crippen LogP contribution is 2.15. The van der Waals surface area contributed by atoms with Crippen LogP contribution in [0.1, 0.15) is 36.7 Å². The van der Waals surface area contributed by atoms with Crippen LogP contribution in [0.5, 0.6) is 0 Å². The number of rotatable bonds is 7. The molecule has 2 aromatic carbocycles. The molecule has 4 aromatic rings. The molecule has 0 atom stereocenters. The zero-order valence-electron chi connectivity index (χ0n) is 17.0. The molecular formula is C22H21N5O4. The van der Waals surface area contributed by atoms with E-state index in [2.05, 4.69) is 22.3 Å². The van der Waals surface area contributed by atoms with Gasteiger partial charge in [0.2, 0.25) is 0 Å². The predicted octanol–water partition coefficient (Wildman–Crippen LogP) is 2.51. The summed E-state index contributed by atoms with van der Waals surface area (Å²) in [6.07, 6.45) is 2.72. The molecule has 2 aromatic heterocycles. The number of unbranched alkanes of at least 4 members (excludes halogenated alkanes) is 2. The second kappa shape index (κ2) is 8.86. The van der Waals surface area contributed by atoms with E-state index in [1.54, 1.807) is 48.5 Å². The Bertz CT molecular complexity index is 1380. The van der Waals surface area contributed by atoms with Crippen molar-refractivity contribution < 1.29 is 9.53 Å². The SMILES string of the molecule is CCCCCn1nc(C(=O)OCn2nnc3ccccc3c2=O)c2ccccc2c1=O. The van der Waals surface area contributed by atoms with Gasteiger partial charge in [0, 0.05) is 11.9 Å². The fourth-order valence-electron chi connectivity index (χ4n) is 3.35. The van der Waals surface area contributed by atoms with Crippen LogP contribution in [0.3, 0.4) is 0 Å². The number of ether oxygens (including phenoxy) is 1. The predicted molar refractivity (Wildman–Crippen MR) is 115 cm³/mol. The van der Waals surface area contributed by atoms with Crippen molar-refractivity contribution in [2.45, 2.75) is 39.5 Å². The molecule has 0 aliphatic heterocycles. The van der Waals surface area contributed by atoms with E-state index in [0.29, 0.717) is 28.2 Å². The van der Waals surface area contributed by atoms with E-state index in [1.807, 2.05) is 0 Å². The summed E-state index contributed by atoms with van der Waals surface area (Å²) >= 11 is 0. The van der Waals surface area contributed by atoms with Gasteiger partial charge >= 0.3 is 5.97 Å². The van der Waals surface area contributed by atoms with Gasteiger partial charge in [-0.1, -0.05) is 55.3 Å². The highest BCUT2D eigenvalue weighted by Gasteiger charge is 2.18. The molecule has 0 radical (unpaired) electrons. The van der Waals surface area contributed by atoms with Gasteiger partial charge in [-0.25, -0.2) is 9.48 Å². The molecule has 0 amide bonds. The van der Waals surface area contributed by atoms with Gasteiger partial charge in [0.15, 0.2) is 12.4 Å². The van der Waals surface area contributed by atoms with Crippen molar-refractivity contribution in [3.63, 3.8) is 0 Å². The Hall–Kier alpha value is -3.88. The van der Waals surface area contributed by atoms with Gasteiger partial charge in [0.05, 0.1) is 10.8 Å². The lowest BCUT2D eigenvalue weighted by Crippen LogP contribution is -2.29. The lowest BCUT2D eigenvalue weighted by Gasteiger charge is -2.11. The number of hydrogen-bond donors (Lipinski definition) is 0. The Morgan fingerprint density at radius 2 is 1.58 bits per heavy atom. The maximum absolute atomic E-state index is 12.8. The summed E-state index contributed by atoms with van der Waals surface area (Å²) in [6, 6.07) is 13.6. The maximum atomic E-state index is 12.8. The number of fused-ring (bicyclic) bond motifs is 2. The van der Waals surface area contributed by atoms with Crippen LogP contribution in [0.2, 0.25) is 0 Å². The number of benzene rings is 2. The number of carbonyl (C=O) groups is 1. The van der Waals surface area contributed by atoms with Crippen LogP contribution >= 0.6 is 0 Å². The molecule has 9 heteroatoms. The quantitative estimate of drug-likeness (QED) is 0.334. The number of hydrogen-bond acceptors (Lipinski definition) is 7. The van der Waals surface area contributed by atoms with E-state index >= 15 is 0 Å². The zero-order valence-corrected chi connectivity index (χ0v) is 17.0. The van der Waals surface area contributed by atoms with Crippen molar-refractivity contribution in [3.8, 4) is 0 Å². The second-order valence-electron chi connectivity index (χ2n) is 7.10. The summed E-state index contributed by atoms with van der Waals surface area (Å²) in [7, 11) is 0. The number of nitrogens with zero attached hydrogens (tertiary/aromatic N) is 5. The Labute approximate surface area is 176 Å². The van der Waals surface area contributed by atoms with E-state index in [1.165, 1.54) is 4.68 Å². The van der Waals surface area contributed by atoms with Crippen LogP contribution in [-0.4, -0.2) is 30.7 Å². The van der Waals surface area contributed by atoms with Crippen LogP contribution in [-0.2, 0) is 18.0 Å². The molecule has 2 heterocycles. The van der Waals surface area contributed by atoms with Crippen molar-refractivity contribution in [3.05, 3.63) is 74.9 Å². The average Bonchev–Trinajstić information content (AvgIpc) is 2.80. The molecule has 0 saturated heterocycles. The van der Waals surface area contributed by atoms with Gasteiger partial charge in [-0.2, -0.15) is 9.78 Å². The molecule has 0 aliphatic carbocycles. The van der Waals surface area contributed by atoms with Crippen LogP contribution in [0.25, 0.3) is 21.7 Å². The van der Waals surface area contributed by atoms with Crippen LogP contribution < -0.4 is 11.1 Å². The van der Waals surface area contributed by atoms with Crippen molar-refractivity contribution in [1.29, 1.82) is 0 Å². The summed E-state index contributed by atoms with van der Waals surface area (Å²) < 4.78 is 7.59. The van der Waals surface area contributed by atoms with Gasteiger partial charge in [-0.15, -0.1) is 5.10 Å². The summed E-state index contributed by atoms with van der Waals surface area (Å²) in [5.41, 5.74) is -0.184. The maximum Gasteiger partial charge on any atom is 0.361 e. The average molecular weight is 419 g/mol. The minimum atomic E-state index is -0.748. The summed E-state index contributed by atoms with van der Waals surface area (Å²) in [5, 5.41) is 13.2. The van der Waals surface area contributed by atoms with Crippen molar-refractivity contribution in [2.24, 2.45) is 0 Å². The van der Waals surface area contributed by atoms with Gasteiger partial charge < -0.3 is 4.74 Å². The number of aryl methyl sites for hydroxylation is 1. The first-order valence-corrected chi connectivity index (χ1v) is 10.1. The first kappa shape index (κ1) is 20.4. The third-order valence-corrected chi connectivity index (χ3v) is 4.98. The fourth-order valence-corrected chi connectivity index (χ4v) is 3.35. The molecule has 4 rings (SSSR count). The first-order chi connectivity index (χ1) is 15.1. The molecule has 0 saturated carbocycles. The van der Waals surface area contributed by atoms with E-state index in [-0.39, 0.29) is 11.3 Å². The number of carbonyl (C=O) groups excluding carboxylic acids is 1. The summed E-state index contributed by atoms with van der Waals surface area (Å²) in [5.74, 6) is -0.748. The van der Waals surface area contributed by atoms with Gasteiger partial charge in [-0.3, -0.25) is 9.59 Å². The van der Waals surface area contributed by atoms with E-state index in [4.69, 9.17) is 4.74 Å². The van der Waals surface area contributed by atoms with Gasteiger partial charge in [-0.05, 0) is 24.6 Å². The van der Waals surface area contributed by atoms with E-state index < -0.39 is 18.3 Å². The zero-order chi connectivity index (χ0) is 21.8. The number of esters is 1. The normalized spacial score (nSPS) is 11.1. The van der Waals surface area contributed by atoms with Crippen molar-refractivity contribution >= 4 is 27.6 Å². The molecule has 0 spiro atoms. The minimum absolute atomic E-state index is 0.0218. The van der Waals surface area contributed by atoms with Crippen LogP contribution in [0, 0.1) is 0 Å². The molecule has 9 nitrogen and oxygen atoms in total. The van der Waals surface area contributed by atoms with Crippen molar-refractivity contribution in [2.75, 3.05) is 0 Å².